The smallest absolute Gasteiger partial charge is 0.276 e. The largest absolute Gasteiger partial charge is 0.385 e. The standard InChI is InChI=1S/C14H18N4OS/c1-4-6-15-11-5-7-16-12(8-11)13(19)18-14-17-9(2)10(3)20-14/h5,7-8H,4,6H2,1-3H3,(H,15,16)(H,17,18,19). The average Bonchev–Trinajstić information content (AvgIpc) is 2.75. The van der Waals surface area contributed by atoms with E-state index in [1.54, 1.807) is 12.3 Å². The highest BCUT2D eigenvalue weighted by Crippen LogP contribution is 2.21. The zero-order valence-corrected chi connectivity index (χ0v) is 12.7. The fraction of sp³-hybridized carbons (Fsp3) is 0.357. The second kappa shape index (κ2) is 6.47. The highest BCUT2D eigenvalue weighted by molar-refractivity contribution is 7.15. The van der Waals surface area contributed by atoms with Gasteiger partial charge in [-0.25, -0.2) is 4.98 Å². The fourth-order valence-corrected chi connectivity index (χ4v) is 2.43. The number of carbonyl (C=O) groups is 1. The second-order valence-electron chi connectivity index (χ2n) is 4.47. The predicted molar refractivity (Wildman–Crippen MR) is 82.6 cm³/mol. The van der Waals surface area contributed by atoms with E-state index in [1.165, 1.54) is 11.3 Å². The van der Waals surface area contributed by atoms with Crippen LogP contribution in [0.15, 0.2) is 18.3 Å². The van der Waals surface area contributed by atoms with E-state index >= 15 is 0 Å². The summed E-state index contributed by atoms with van der Waals surface area (Å²) in [5.41, 5.74) is 2.23. The van der Waals surface area contributed by atoms with Gasteiger partial charge in [0, 0.05) is 23.3 Å². The number of carbonyl (C=O) groups excluding carboxylic acids is 1. The maximum absolute atomic E-state index is 12.1. The number of amides is 1. The summed E-state index contributed by atoms with van der Waals surface area (Å²) < 4.78 is 0. The van der Waals surface area contributed by atoms with Crippen LogP contribution in [-0.2, 0) is 0 Å². The van der Waals surface area contributed by atoms with Crippen LogP contribution < -0.4 is 10.6 Å². The van der Waals surface area contributed by atoms with Crippen LogP contribution in [0.25, 0.3) is 0 Å². The summed E-state index contributed by atoms with van der Waals surface area (Å²) in [4.78, 5) is 21.6. The van der Waals surface area contributed by atoms with Crippen molar-refractivity contribution in [2.45, 2.75) is 27.2 Å². The summed E-state index contributed by atoms with van der Waals surface area (Å²) >= 11 is 1.47. The third-order valence-electron chi connectivity index (χ3n) is 2.82. The van der Waals surface area contributed by atoms with Gasteiger partial charge in [-0.15, -0.1) is 11.3 Å². The molecule has 2 heterocycles. The number of aryl methyl sites for hydroxylation is 2. The molecule has 0 unspecified atom stereocenters. The van der Waals surface area contributed by atoms with Crippen molar-refractivity contribution in [2.75, 3.05) is 17.2 Å². The number of hydrogen-bond donors (Lipinski definition) is 2. The molecule has 20 heavy (non-hydrogen) atoms. The molecule has 0 atom stereocenters. The van der Waals surface area contributed by atoms with Crippen LogP contribution in [-0.4, -0.2) is 22.4 Å². The molecule has 0 saturated carbocycles. The van der Waals surface area contributed by atoms with Crippen LogP contribution >= 0.6 is 11.3 Å². The van der Waals surface area contributed by atoms with Gasteiger partial charge in [-0.05, 0) is 32.4 Å². The molecule has 0 radical (unpaired) electrons. The van der Waals surface area contributed by atoms with Crippen molar-refractivity contribution in [3.63, 3.8) is 0 Å². The van der Waals surface area contributed by atoms with Gasteiger partial charge >= 0.3 is 0 Å². The van der Waals surface area contributed by atoms with Gasteiger partial charge in [0.15, 0.2) is 5.13 Å². The molecule has 0 aliphatic rings. The minimum Gasteiger partial charge on any atom is -0.385 e. The summed E-state index contributed by atoms with van der Waals surface area (Å²) in [7, 11) is 0. The first-order chi connectivity index (χ1) is 9.60. The zero-order chi connectivity index (χ0) is 14.5. The molecular formula is C14H18N4OS. The second-order valence-corrected chi connectivity index (χ2v) is 5.67. The molecule has 2 aromatic heterocycles. The van der Waals surface area contributed by atoms with Crippen LogP contribution in [0.1, 0.15) is 34.4 Å². The summed E-state index contributed by atoms with van der Waals surface area (Å²) in [5.74, 6) is -0.237. The lowest BCUT2D eigenvalue weighted by Gasteiger charge is -2.06. The molecule has 0 spiro atoms. The van der Waals surface area contributed by atoms with Crippen molar-refractivity contribution in [1.29, 1.82) is 0 Å². The van der Waals surface area contributed by atoms with E-state index in [1.807, 2.05) is 19.9 Å². The lowest BCUT2D eigenvalue weighted by Crippen LogP contribution is -2.14. The number of nitrogens with one attached hydrogen (secondary N) is 2. The Morgan fingerprint density at radius 1 is 1.40 bits per heavy atom. The third-order valence-corrected chi connectivity index (χ3v) is 3.81. The van der Waals surface area contributed by atoms with Crippen LogP contribution in [0, 0.1) is 13.8 Å². The van der Waals surface area contributed by atoms with E-state index in [2.05, 4.69) is 27.5 Å². The summed E-state index contributed by atoms with van der Waals surface area (Å²) in [5, 5.41) is 6.62. The minimum absolute atomic E-state index is 0.237. The number of anilines is 2. The van der Waals surface area contributed by atoms with Gasteiger partial charge in [0.25, 0.3) is 5.91 Å². The van der Waals surface area contributed by atoms with Crippen molar-refractivity contribution in [3.05, 3.63) is 34.6 Å². The molecule has 0 aliphatic carbocycles. The van der Waals surface area contributed by atoms with Gasteiger partial charge in [0.1, 0.15) is 5.69 Å². The Labute approximate surface area is 122 Å². The Morgan fingerprint density at radius 3 is 2.85 bits per heavy atom. The molecule has 106 valence electrons. The van der Waals surface area contributed by atoms with E-state index in [0.29, 0.717) is 10.8 Å². The van der Waals surface area contributed by atoms with E-state index in [4.69, 9.17) is 0 Å². The number of aromatic nitrogens is 2. The molecule has 0 aliphatic heterocycles. The van der Waals surface area contributed by atoms with E-state index in [9.17, 15) is 4.79 Å². The van der Waals surface area contributed by atoms with Gasteiger partial charge in [0.2, 0.25) is 0 Å². The van der Waals surface area contributed by atoms with Crippen LogP contribution in [0.4, 0.5) is 10.8 Å². The van der Waals surface area contributed by atoms with Crippen molar-refractivity contribution >= 4 is 28.1 Å². The van der Waals surface area contributed by atoms with Crippen LogP contribution in [0.5, 0.6) is 0 Å². The van der Waals surface area contributed by atoms with Gasteiger partial charge in [-0.2, -0.15) is 0 Å². The molecule has 0 aromatic carbocycles. The van der Waals surface area contributed by atoms with E-state index in [-0.39, 0.29) is 5.91 Å². The van der Waals surface area contributed by atoms with Gasteiger partial charge in [0.05, 0.1) is 5.69 Å². The first-order valence-corrected chi connectivity index (χ1v) is 7.37. The SMILES string of the molecule is CCCNc1ccnc(C(=O)Nc2nc(C)c(C)s2)c1. The van der Waals surface area contributed by atoms with Gasteiger partial charge < -0.3 is 5.32 Å². The maximum Gasteiger partial charge on any atom is 0.276 e. The Balaban J connectivity index is 2.08. The van der Waals surface area contributed by atoms with Crippen LogP contribution in [0.3, 0.4) is 0 Å². The first-order valence-electron chi connectivity index (χ1n) is 6.55. The molecule has 0 saturated heterocycles. The molecule has 5 nitrogen and oxygen atoms in total. The summed E-state index contributed by atoms with van der Waals surface area (Å²) in [6.07, 6.45) is 2.66. The number of rotatable bonds is 5. The molecule has 0 fully saturated rings. The quantitative estimate of drug-likeness (QED) is 0.887. The van der Waals surface area contributed by atoms with E-state index in [0.717, 1.165) is 29.2 Å². The molecule has 2 rings (SSSR count). The highest BCUT2D eigenvalue weighted by Gasteiger charge is 2.11. The van der Waals surface area contributed by atoms with Gasteiger partial charge in [-0.1, -0.05) is 6.92 Å². The normalized spacial score (nSPS) is 10.3. The Bertz CT molecular complexity index is 589. The van der Waals surface area contributed by atoms with Crippen molar-refractivity contribution < 1.29 is 4.79 Å². The van der Waals surface area contributed by atoms with Crippen molar-refractivity contribution in [1.82, 2.24) is 9.97 Å². The lowest BCUT2D eigenvalue weighted by molar-refractivity contribution is 0.102. The Hall–Kier alpha value is -1.95. The number of thiazole rings is 1. The van der Waals surface area contributed by atoms with Crippen molar-refractivity contribution in [3.8, 4) is 0 Å². The summed E-state index contributed by atoms with van der Waals surface area (Å²) in [6.45, 7) is 6.87. The van der Waals surface area contributed by atoms with Gasteiger partial charge in [-0.3, -0.25) is 15.1 Å². The zero-order valence-electron chi connectivity index (χ0n) is 11.9. The molecule has 0 bridgehead atoms. The lowest BCUT2D eigenvalue weighted by atomic mass is 10.3. The maximum atomic E-state index is 12.1. The molecule has 1 amide bonds. The van der Waals surface area contributed by atoms with E-state index < -0.39 is 0 Å². The number of pyridine rings is 1. The monoisotopic (exact) mass is 290 g/mol. The highest BCUT2D eigenvalue weighted by atomic mass is 32.1. The molecular weight excluding hydrogens is 272 g/mol. The number of hydrogen-bond acceptors (Lipinski definition) is 5. The topological polar surface area (TPSA) is 66.9 Å². The minimum atomic E-state index is -0.237. The average molecular weight is 290 g/mol. The molecule has 2 N–H and O–H groups in total. The third kappa shape index (κ3) is 3.54. The predicted octanol–water partition coefficient (Wildman–Crippen LogP) is 3.23. The molecule has 6 heteroatoms. The molecule has 2 aromatic rings. The fourth-order valence-electron chi connectivity index (χ4n) is 1.62. The Kier molecular flexibility index (Phi) is 4.68. The first kappa shape index (κ1) is 14.5. The van der Waals surface area contributed by atoms with Crippen molar-refractivity contribution in [2.24, 2.45) is 0 Å². The summed E-state index contributed by atoms with van der Waals surface area (Å²) in [6, 6.07) is 3.60. The number of nitrogens with zero attached hydrogens (tertiary/aromatic N) is 2. The van der Waals surface area contributed by atoms with Crippen LogP contribution in [0.2, 0.25) is 0 Å². The Morgan fingerprint density at radius 2 is 2.20 bits per heavy atom.